The number of rotatable bonds is 9. The molecule has 1 N–H and O–H groups in total. The summed E-state index contributed by atoms with van der Waals surface area (Å²) in [5.74, 6) is -0.555. The standard InChI is InChI=1S/C26H31NO6/c1-16(2)33-14-6-13-27-23(19-11-12-20(31-4)21(15-19)32-5)22(25(29)26(27)30)24(28)18-9-7-17(3)8-10-18/h7-12,15-16,23,28H,6,13-14H2,1-5H3/b24-22-. The summed E-state index contributed by atoms with van der Waals surface area (Å²) in [6, 6.07) is 11.6. The van der Waals surface area contributed by atoms with Gasteiger partial charge in [-0.1, -0.05) is 35.9 Å². The number of likely N-dealkylation sites (tertiary alicyclic amines) is 1. The topological polar surface area (TPSA) is 85.3 Å². The summed E-state index contributed by atoms with van der Waals surface area (Å²) in [6.07, 6.45) is 0.628. The van der Waals surface area contributed by atoms with Gasteiger partial charge in [-0.25, -0.2) is 0 Å². The van der Waals surface area contributed by atoms with Crippen LogP contribution in [0.4, 0.5) is 0 Å². The van der Waals surface area contributed by atoms with Crippen molar-refractivity contribution in [3.63, 3.8) is 0 Å². The predicted octanol–water partition coefficient (Wildman–Crippen LogP) is 4.25. The fourth-order valence-corrected chi connectivity index (χ4v) is 3.90. The van der Waals surface area contributed by atoms with E-state index in [4.69, 9.17) is 14.2 Å². The average molecular weight is 454 g/mol. The fraction of sp³-hybridized carbons (Fsp3) is 0.385. The highest BCUT2D eigenvalue weighted by Gasteiger charge is 2.46. The van der Waals surface area contributed by atoms with E-state index in [0.717, 1.165) is 5.56 Å². The normalized spacial score (nSPS) is 17.6. The lowest BCUT2D eigenvalue weighted by Crippen LogP contribution is -2.31. The van der Waals surface area contributed by atoms with E-state index in [0.29, 0.717) is 42.2 Å². The third-order valence-corrected chi connectivity index (χ3v) is 5.58. The Labute approximate surface area is 194 Å². The van der Waals surface area contributed by atoms with Gasteiger partial charge in [0.1, 0.15) is 5.76 Å². The number of hydrogen-bond acceptors (Lipinski definition) is 6. The number of hydrogen-bond donors (Lipinski definition) is 1. The number of carbonyl (C=O) groups excluding carboxylic acids is 2. The molecule has 1 atom stereocenters. The minimum absolute atomic E-state index is 0.0563. The third kappa shape index (κ3) is 5.20. The first-order chi connectivity index (χ1) is 15.8. The van der Waals surface area contributed by atoms with Crippen molar-refractivity contribution >= 4 is 17.4 Å². The molecule has 1 heterocycles. The smallest absolute Gasteiger partial charge is 0.295 e. The molecule has 33 heavy (non-hydrogen) atoms. The number of Topliss-reactive ketones (excluding diaryl/α,β-unsaturated/α-hetero) is 1. The Kier molecular flexibility index (Phi) is 7.76. The molecule has 0 radical (unpaired) electrons. The molecule has 1 aliphatic rings. The van der Waals surface area contributed by atoms with E-state index in [-0.39, 0.29) is 17.4 Å². The Bertz CT molecular complexity index is 1040. The van der Waals surface area contributed by atoms with Gasteiger partial charge in [-0.15, -0.1) is 0 Å². The zero-order valence-electron chi connectivity index (χ0n) is 19.8. The van der Waals surface area contributed by atoms with Gasteiger partial charge in [-0.2, -0.15) is 0 Å². The predicted molar refractivity (Wildman–Crippen MR) is 125 cm³/mol. The second-order valence-corrected chi connectivity index (χ2v) is 8.25. The summed E-state index contributed by atoms with van der Waals surface area (Å²) in [6.45, 7) is 6.58. The minimum Gasteiger partial charge on any atom is -0.507 e. The van der Waals surface area contributed by atoms with Crippen LogP contribution < -0.4 is 9.47 Å². The number of methoxy groups -OCH3 is 2. The lowest BCUT2D eigenvalue weighted by molar-refractivity contribution is -0.140. The van der Waals surface area contributed by atoms with Crippen molar-refractivity contribution in [3.8, 4) is 11.5 Å². The molecule has 1 fully saturated rings. The highest BCUT2D eigenvalue weighted by molar-refractivity contribution is 6.46. The van der Waals surface area contributed by atoms with Gasteiger partial charge in [-0.3, -0.25) is 9.59 Å². The van der Waals surface area contributed by atoms with Crippen LogP contribution in [0.1, 0.15) is 43.0 Å². The molecular formula is C26H31NO6. The third-order valence-electron chi connectivity index (χ3n) is 5.58. The molecule has 1 aliphatic heterocycles. The second kappa shape index (κ2) is 10.5. The van der Waals surface area contributed by atoms with Crippen molar-refractivity contribution in [3.05, 3.63) is 64.7 Å². The number of aryl methyl sites for hydroxylation is 1. The Morgan fingerprint density at radius 3 is 2.30 bits per heavy atom. The summed E-state index contributed by atoms with van der Waals surface area (Å²) < 4.78 is 16.4. The van der Waals surface area contributed by atoms with Crippen LogP contribution in [-0.2, 0) is 14.3 Å². The molecule has 3 rings (SSSR count). The molecule has 1 unspecified atom stereocenters. The Morgan fingerprint density at radius 2 is 1.70 bits per heavy atom. The SMILES string of the molecule is COc1ccc(C2/C(=C(/O)c3ccc(C)cc3)C(=O)C(=O)N2CCCOC(C)C)cc1OC. The molecule has 0 spiro atoms. The van der Waals surface area contributed by atoms with Crippen LogP contribution in [0, 0.1) is 6.92 Å². The Hall–Kier alpha value is -3.32. The maximum atomic E-state index is 13.1. The van der Waals surface area contributed by atoms with Gasteiger partial charge in [0, 0.05) is 18.7 Å². The fourth-order valence-electron chi connectivity index (χ4n) is 3.90. The number of aliphatic hydroxyl groups is 1. The first-order valence-electron chi connectivity index (χ1n) is 11.0. The number of aliphatic hydroxyl groups excluding tert-OH is 1. The van der Waals surface area contributed by atoms with E-state index in [1.54, 1.807) is 30.3 Å². The summed E-state index contributed by atoms with van der Waals surface area (Å²) >= 11 is 0. The molecule has 2 aromatic rings. The van der Waals surface area contributed by atoms with Gasteiger partial charge in [-0.05, 0) is 44.9 Å². The average Bonchev–Trinajstić information content (AvgIpc) is 3.06. The largest absolute Gasteiger partial charge is 0.507 e. The van der Waals surface area contributed by atoms with E-state index in [1.807, 2.05) is 32.9 Å². The van der Waals surface area contributed by atoms with Crippen molar-refractivity contribution < 1.29 is 28.9 Å². The Morgan fingerprint density at radius 1 is 1.03 bits per heavy atom. The van der Waals surface area contributed by atoms with Crippen LogP contribution in [0.5, 0.6) is 11.5 Å². The molecule has 0 aliphatic carbocycles. The molecule has 0 aromatic heterocycles. The number of nitrogens with zero attached hydrogens (tertiary/aromatic N) is 1. The van der Waals surface area contributed by atoms with Crippen LogP contribution in [0.25, 0.3) is 5.76 Å². The molecule has 1 amide bonds. The van der Waals surface area contributed by atoms with Crippen LogP contribution in [0.2, 0.25) is 0 Å². The molecule has 0 bridgehead atoms. The Balaban J connectivity index is 2.08. The van der Waals surface area contributed by atoms with Gasteiger partial charge in [0.15, 0.2) is 11.5 Å². The van der Waals surface area contributed by atoms with Crippen molar-refractivity contribution in [2.45, 2.75) is 39.3 Å². The van der Waals surface area contributed by atoms with Crippen molar-refractivity contribution in [1.29, 1.82) is 0 Å². The molecule has 0 saturated carbocycles. The summed E-state index contributed by atoms with van der Waals surface area (Å²) in [5, 5.41) is 11.1. The maximum Gasteiger partial charge on any atom is 0.295 e. The molecular weight excluding hydrogens is 422 g/mol. The van der Waals surface area contributed by atoms with Crippen molar-refractivity contribution in [1.82, 2.24) is 4.90 Å². The van der Waals surface area contributed by atoms with Crippen LogP contribution in [0.15, 0.2) is 48.0 Å². The van der Waals surface area contributed by atoms with E-state index < -0.39 is 17.7 Å². The number of amides is 1. The number of carbonyl (C=O) groups is 2. The van der Waals surface area contributed by atoms with Gasteiger partial charge in [0.05, 0.1) is 31.9 Å². The van der Waals surface area contributed by atoms with Crippen LogP contribution in [-0.4, -0.2) is 55.2 Å². The lowest BCUT2D eigenvalue weighted by Gasteiger charge is -2.26. The quantitative estimate of drug-likeness (QED) is 0.264. The molecule has 7 heteroatoms. The highest BCUT2D eigenvalue weighted by Crippen LogP contribution is 2.42. The lowest BCUT2D eigenvalue weighted by atomic mass is 9.94. The van der Waals surface area contributed by atoms with Gasteiger partial charge >= 0.3 is 0 Å². The van der Waals surface area contributed by atoms with Crippen LogP contribution >= 0.6 is 0 Å². The first-order valence-corrected chi connectivity index (χ1v) is 11.0. The summed E-state index contributed by atoms with van der Waals surface area (Å²) in [7, 11) is 3.06. The number of benzene rings is 2. The van der Waals surface area contributed by atoms with Gasteiger partial charge < -0.3 is 24.2 Å². The summed E-state index contributed by atoms with van der Waals surface area (Å²) in [5.41, 5.74) is 2.20. The molecule has 176 valence electrons. The minimum atomic E-state index is -0.759. The number of ether oxygens (including phenoxy) is 3. The molecule has 7 nitrogen and oxygen atoms in total. The van der Waals surface area contributed by atoms with Gasteiger partial charge in [0.25, 0.3) is 11.7 Å². The van der Waals surface area contributed by atoms with Gasteiger partial charge in [0.2, 0.25) is 0 Å². The van der Waals surface area contributed by atoms with E-state index in [2.05, 4.69) is 0 Å². The van der Waals surface area contributed by atoms with E-state index in [9.17, 15) is 14.7 Å². The van der Waals surface area contributed by atoms with Crippen molar-refractivity contribution in [2.75, 3.05) is 27.4 Å². The summed E-state index contributed by atoms with van der Waals surface area (Å²) in [4.78, 5) is 27.6. The monoisotopic (exact) mass is 453 g/mol. The highest BCUT2D eigenvalue weighted by atomic mass is 16.5. The van der Waals surface area contributed by atoms with Crippen molar-refractivity contribution in [2.24, 2.45) is 0 Å². The van der Waals surface area contributed by atoms with E-state index >= 15 is 0 Å². The zero-order chi connectivity index (χ0) is 24.1. The first kappa shape index (κ1) is 24.3. The maximum absolute atomic E-state index is 13.1. The van der Waals surface area contributed by atoms with E-state index in [1.165, 1.54) is 19.1 Å². The van der Waals surface area contributed by atoms with Crippen LogP contribution in [0.3, 0.4) is 0 Å². The number of ketones is 1. The molecule has 2 aromatic carbocycles. The zero-order valence-corrected chi connectivity index (χ0v) is 19.8. The molecule has 1 saturated heterocycles. The second-order valence-electron chi connectivity index (χ2n) is 8.25.